The van der Waals surface area contributed by atoms with E-state index < -0.39 is 0 Å². The van der Waals surface area contributed by atoms with Crippen LogP contribution in [0, 0.1) is 6.92 Å². The highest BCUT2D eigenvalue weighted by Crippen LogP contribution is 2.32. The molecule has 1 aromatic carbocycles. The number of pyridine rings is 1. The van der Waals surface area contributed by atoms with E-state index in [0.29, 0.717) is 11.5 Å². The number of carbonyl (C=O) groups is 1. The standard InChI is InChI=1S/C19H24N2O2/c1-12(2)16-10-17(13(3)9-18(16)23-5)14(4)21-19(22)15-7-6-8-20-11-15/h6-12,14H,1-5H3,(H,21,22)/t14-/m1/s1. The van der Waals surface area contributed by atoms with Crippen LogP contribution in [0.1, 0.15) is 59.8 Å². The predicted molar refractivity (Wildman–Crippen MR) is 91.9 cm³/mol. The molecular formula is C19H24N2O2. The molecule has 2 aromatic rings. The minimum absolute atomic E-state index is 0.0916. The summed E-state index contributed by atoms with van der Waals surface area (Å²) >= 11 is 0. The molecule has 23 heavy (non-hydrogen) atoms. The molecule has 0 spiro atoms. The average Bonchev–Trinajstić information content (AvgIpc) is 2.54. The van der Waals surface area contributed by atoms with Crippen LogP contribution >= 0.6 is 0 Å². The Morgan fingerprint density at radius 3 is 2.52 bits per heavy atom. The quantitative estimate of drug-likeness (QED) is 0.907. The Hall–Kier alpha value is -2.36. The molecule has 0 aliphatic heterocycles. The SMILES string of the molecule is COc1cc(C)c([C@@H](C)NC(=O)c2cccnc2)cc1C(C)C. The maximum atomic E-state index is 12.3. The van der Waals surface area contributed by atoms with Gasteiger partial charge in [0.15, 0.2) is 0 Å². The molecule has 1 aromatic heterocycles. The zero-order chi connectivity index (χ0) is 17.0. The van der Waals surface area contributed by atoms with E-state index in [-0.39, 0.29) is 11.9 Å². The van der Waals surface area contributed by atoms with E-state index in [1.165, 1.54) is 0 Å². The van der Waals surface area contributed by atoms with Gasteiger partial charge in [0.05, 0.1) is 18.7 Å². The minimum Gasteiger partial charge on any atom is -0.496 e. The summed E-state index contributed by atoms with van der Waals surface area (Å²) in [5.41, 5.74) is 3.92. The van der Waals surface area contributed by atoms with E-state index >= 15 is 0 Å². The molecule has 0 fully saturated rings. The van der Waals surface area contributed by atoms with Crippen molar-refractivity contribution in [2.75, 3.05) is 7.11 Å². The summed E-state index contributed by atoms with van der Waals surface area (Å²) < 4.78 is 5.48. The maximum absolute atomic E-state index is 12.3. The number of aromatic nitrogens is 1. The van der Waals surface area contributed by atoms with Gasteiger partial charge in [-0.15, -0.1) is 0 Å². The molecule has 1 amide bonds. The van der Waals surface area contributed by atoms with Crippen molar-refractivity contribution in [3.63, 3.8) is 0 Å². The summed E-state index contributed by atoms with van der Waals surface area (Å²) in [6.07, 6.45) is 3.23. The van der Waals surface area contributed by atoms with Crippen LogP contribution in [0.5, 0.6) is 5.75 Å². The van der Waals surface area contributed by atoms with Crippen LogP contribution in [0.25, 0.3) is 0 Å². The first kappa shape index (κ1) is 17.0. The topological polar surface area (TPSA) is 51.2 Å². The van der Waals surface area contributed by atoms with Crippen LogP contribution in [-0.2, 0) is 0 Å². The molecule has 0 aliphatic carbocycles. The van der Waals surface area contributed by atoms with Gasteiger partial charge in [0, 0.05) is 12.4 Å². The van der Waals surface area contributed by atoms with Crippen LogP contribution in [0.4, 0.5) is 0 Å². The van der Waals surface area contributed by atoms with Crippen molar-refractivity contribution in [3.8, 4) is 5.75 Å². The largest absolute Gasteiger partial charge is 0.496 e. The third kappa shape index (κ3) is 3.89. The van der Waals surface area contributed by atoms with Crippen LogP contribution in [-0.4, -0.2) is 18.0 Å². The zero-order valence-electron chi connectivity index (χ0n) is 14.4. The average molecular weight is 312 g/mol. The van der Waals surface area contributed by atoms with Gasteiger partial charge in [-0.2, -0.15) is 0 Å². The predicted octanol–water partition coefficient (Wildman–Crippen LogP) is 4.01. The van der Waals surface area contributed by atoms with E-state index in [0.717, 1.165) is 22.4 Å². The van der Waals surface area contributed by atoms with Crippen LogP contribution in [0.15, 0.2) is 36.7 Å². The summed E-state index contributed by atoms with van der Waals surface area (Å²) in [5, 5.41) is 3.04. The zero-order valence-corrected chi connectivity index (χ0v) is 14.4. The lowest BCUT2D eigenvalue weighted by Crippen LogP contribution is -2.27. The van der Waals surface area contributed by atoms with Crippen LogP contribution < -0.4 is 10.1 Å². The number of nitrogens with one attached hydrogen (secondary N) is 1. The molecule has 0 saturated heterocycles. The molecule has 0 saturated carbocycles. The van der Waals surface area contributed by atoms with Gasteiger partial charge in [-0.1, -0.05) is 13.8 Å². The van der Waals surface area contributed by atoms with Gasteiger partial charge in [0.2, 0.25) is 0 Å². The Morgan fingerprint density at radius 1 is 1.22 bits per heavy atom. The third-order valence-corrected chi connectivity index (χ3v) is 3.98. The first-order valence-electron chi connectivity index (χ1n) is 7.83. The van der Waals surface area contributed by atoms with Crippen molar-refractivity contribution in [1.82, 2.24) is 10.3 Å². The maximum Gasteiger partial charge on any atom is 0.253 e. The third-order valence-electron chi connectivity index (χ3n) is 3.98. The number of hydrogen-bond donors (Lipinski definition) is 1. The van der Waals surface area contributed by atoms with E-state index in [1.54, 1.807) is 31.6 Å². The Balaban J connectivity index is 2.27. The van der Waals surface area contributed by atoms with E-state index in [2.05, 4.69) is 30.2 Å². The molecule has 4 nitrogen and oxygen atoms in total. The van der Waals surface area contributed by atoms with Gasteiger partial charge < -0.3 is 10.1 Å². The molecule has 1 atom stereocenters. The van der Waals surface area contributed by atoms with E-state index in [4.69, 9.17) is 4.74 Å². The van der Waals surface area contributed by atoms with Crippen molar-refractivity contribution in [2.24, 2.45) is 0 Å². The smallest absolute Gasteiger partial charge is 0.253 e. The molecule has 1 N–H and O–H groups in total. The molecule has 4 heteroatoms. The fourth-order valence-corrected chi connectivity index (χ4v) is 2.67. The lowest BCUT2D eigenvalue weighted by Gasteiger charge is -2.21. The Morgan fingerprint density at radius 2 is 1.96 bits per heavy atom. The van der Waals surface area contributed by atoms with Gasteiger partial charge in [-0.25, -0.2) is 0 Å². The molecule has 0 unspecified atom stereocenters. The number of carbonyl (C=O) groups excluding carboxylic acids is 1. The van der Waals surface area contributed by atoms with Gasteiger partial charge in [0.1, 0.15) is 5.75 Å². The number of benzene rings is 1. The summed E-state index contributed by atoms with van der Waals surface area (Å²) in [6, 6.07) is 7.60. The van der Waals surface area contributed by atoms with Crippen molar-refractivity contribution in [3.05, 3.63) is 58.9 Å². The van der Waals surface area contributed by atoms with E-state index in [1.807, 2.05) is 19.9 Å². The first-order chi connectivity index (χ1) is 10.9. The number of rotatable bonds is 5. The number of aryl methyl sites for hydroxylation is 1. The summed E-state index contributed by atoms with van der Waals surface area (Å²) in [4.78, 5) is 16.3. The molecule has 0 aliphatic rings. The highest BCUT2D eigenvalue weighted by molar-refractivity contribution is 5.94. The second-order valence-electron chi connectivity index (χ2n) is 6.04. The van der Waals surface area contributed by atoms with Crippen molar-refractivity contribution >= 4 is 5.91 Å². The highest BCUT2D eigenvalue weighted by Gasteiger charge is 2.17. The van der Waals surface area contributed by atoms with Crippen molar-refractivity contribution in [1.29, 1.82) is 0 Å². The molecule has 0 bridgehead atoms. The summed E-state index contributed by atoms with van der Waals surface area (Å²) in [6.45, 7) is 8.30. The number of nitrogens with zero attached hydrogens (tertiary/aromatic N) is 1. The van der Waals surface area contributed by atoms with E-state index in [9.17, 15) is 4.79 Å². The number of amides is 1. The van der Waals surface area contributed by atoms with Crippen molar-refractivity contribution < 1.29 is 9.53 Å². The minimum atomic E-state index is -0.119. The Bertz CT molecular complexity index is 681. The highest BCUT2D eigenvalue weighted by atomic mass is 16.5. The molecule has 2 rings (SSSR count). The Labute approximate surface area is 137 Å². The molecule has 0 radical (unpaired) electrons. The second kappa shape index (κ2) is 7.27. The fourth-order valence-electron chi connectivity index (χ4n) is 2.67. The lowest BCUT2D eigenvalue weighted by molar-refractivity contribution is 0.0939. The van der Waals surface area contributed by atoms with Gasteiger partial charge >= 0.3 is 0 Å². The molecule has 1 heterocycles. The molecular weight excluding hydrogens is 288 g/mol. The van der Waals surface area contributed by atoms with Gasteiger partial charge in [0.25, 0.3) is 5.91 Å². The van der Waals surface area contributed by atoms with Gasteiger partial charge in [-0.3, -0.25) is 9.78 Å². The first-order valence-corrected chi connectivity index (χ1v) is 7.83. The van der Waals surface area contributed by atoms with Crippen LogP contribution in [0.3, 0.4) is 0 Å². The van der Waals surface area contributed by atoms with Crippen LogP contribution in [0.2, 0.25) is 0 Å². The fraction of sp³-hybridized carbons (Fsp3) is 0.368. The number of methoxy groups -OCH3 is 1. The normalized spacial score (nSPS) is 12.1. The monoisotopic (exact) mass is 312 g/mol. The molecule has 122 valence electrons. The Kier molecular flexibility index (Phi) is 5.37. The lowest BCUT2D eigenvalue weighted by atomic mass is 9.93. The number of ether oxygens (including phenoxy) is 1. The van der Waals surface area contributed by atoms with Crippen molar-refractivity contribution in [2.45, 2.75) is 39.7 Å². The van der Waals surface area contributed by atoms with Gasteiger partial charge in [-0.05, 0) is 60.7 Å². The second-order valence-corrected chi connectivity index (χ2v) is 6.04. The number of hydrogen-bond acceptors (Lipinski definition) is 3. The summed E-state index contributed by atoms with van der Waals surface area (Å²) in [7, 11) is 1.69. The summed E-state index contributed by atoms with van der Waals surface area (Å²) in [5.74, 6) is 1.13.